The van der Waals surface area contributed by atoms with Gasteiger partial charge in [0.25, 0.3) is 6.43 Å². The maximum atomic E-state index is 12.3. The molecule has 0 bridgehead atoms. The van der Waals surface area contributed by atoms with Crippen LogP contribution in [0.2, 0.25) is 0 Å². The molecule has 0 saturated carbocycles. The van der Waals surface area contributed by atoms with Crippen LogP contribution in [0.4, 0.5) is 13.6 Å². The van der Waals surface area contributed by atoms with Crippen LogP contribution in [0, 0.1) is 5.41 Å². The first-order valence-corrected chi connectivity index (χ1v) is 5.76. The molecule has 0 fully saturated rings. The normalized spacial score (nSPS) is 13.2. The van der Waals surface area contributed by atoms with E-state index >= 15 is 0 Å². The first-order chi connectivity index (χ1) is 8.59. The standard InChI is InChI=1S/C11H20F2N2O4/c1-11(2,3)8(9(17)18)14-10(19)15(4-5-16)6-7(12)13/h7-8,16H,4-6H2,1-3H3,(H,14,19)(H,17,18)/t8-/m1/s1. The van der Waals surface area contributed by atoms with E-state index in [1.807, 2.05) is 0 Å². The fourth-order valence-corrected chi connectivity index (χ4v) is 1.43. The van der Waals surface area contributed by atoms with E-state index in [-0.39, 0.29) is 6.54 Å². The Labute approximate surface area is 110 Å². The van der Waals surface area contributed by atoms with E-state index in [1.54, 1.807) is 20.8 Å². The Morgan fingerprint density at radius 3 is 2.16 bits per heavy atom. The van der Waals surface area contributed by atoms with Gasteiger partial charge in [-0.3, -0.25) is 0 Å². The highest BCUT2D eigenvalue weighted by Crippen LogP contribution is 2.19. The lowest BCUT2D eigenvalue weighted by Crippen LogP contribution is -2.54. The molecular formula is C11H20F2N2O4. The van der Waals surface area contributed by atoms with E-state index in [1.165, 1.54) is 0 Å². The zero-order valence-corrected chi connectivity index (χ0v) is 11.2. The Balaban J connectivity index is 4.81. The minimum Gasteiger partial charge on any atom is -0.480 e. The molecule has 0 radical (unpaired) electrons. The van der Waals surface area contributed by atoms with Crippen LogP contribution in [-0.2, 0) is 4.79 Å². The van der Waals surface area contributed by atoms with Gasteiger partial charge in [-0.05, 0) is 5.41 Å². The predicted molar refractivity (Wildman–Crippen MR) is 64.1 cm³/mol. The molecule has 0 heterocycles. The molecule has 0 aliphatic rings. The fourth-order valence-electron chi connectivity index (χ4n) is 1.43. The molecule has 0 rings (SSSR count). The van der Waals surface area contributed by atoms with Gasteiger partial charge in [0.1, 0.15) is 6.04 Å². The Hall–Kier alpha value is -1.44. The van der Waals surface area contributed by atoms with E-state index in [9.17, 15) is 18.4 Å². The Morgan fingerprint density at radius 2 is 1.84 bits per heavy atom. The Bertz CT molecular complexity index is 318. The molecule has 0 unspecified atom stereocenters. The smallest absolute Gasteiger partial charge is 0.326 e. The van der Waals surface area contributed by atoms with Crippen LogP contribution in [-0.4, -0.2) is 59.3 Å². The fraction of sp³-hybridized carbons (Fsp3) is 0.818. The number of amides is 2. The summed E-state index contributed by atoms with van der Waals surface area (Å²) in [4.78, 5) is 23.5. The van der Waals surface area contributed by atoms with Crippen LogP contribution in [0.1, 0.15) is 20.8 Å². The van der Waals surface area contributed by atoms with Crippen molar-refractivity contribution < 1.29 is 28.6 Å². The van der Waals surface area contributed by atoms with E-state index in [0.717, 1.165) is 0 Å². The van der Waals surface area contributed by atoms with Gasteiger partial charge in [0, 0.05) is 6.54 Å². The Morgan fingerprint density at radius 1 is 1.32 bits per heavy atom. The number of aliphatic carboxylic acids is 1. The van der Waals surface area contributed by atoms with Gasteiger partial charge >= 0.3 is 12.0 Å². The summed E-state index contributed by atoms with van der Waals surface area (Å²) in [6.45, 7) is 3.20. The number of carboxylic acids is 1. The van der Waals surface area contributed by atoms with Gasteiger partial charge in [0.2, 0.25) is 0 Å². The topological polar surface area (TPSA) is 89.9 Å². The van der Waals surface area contributed by atoms with Crippen LogP contribution in [0.3, 0.4) is 0 Å². The highest BCUT2D eigenvalue weighted by Gasteiger charge is 2.34. The van der Waals surface area contributed by atoms with Crippen molar-refractivity contribution in [3.05, 3.63) is 0 Å². The van der Waals surface area contributed by atoms with Crippen molar-refractivity contribution in [2.24, 2.45) is 5.41 Å². The summed E-state index contributed by atoms with van der Waals surface area (Å²) in [5, 5.41) is 19.9. The average molecular weight is 282 g/mol. The van der Waals surface area contributed by atoms with Gasteiger partial charge < -0.3 is 20.4 Å². The summed E-state index contributed by atoms with van der Waals surface area (Å²) in [6, 6.07) is -2.14. The molecule has 6 nitrogen and oxygen atoms in total. The van der Waals surface area contributed by atoms with Gasteiger partial charge in [0.15, 0.2) is 0 Å². The maximum absolute atomic E-state index is 12.3. The van der Waals surface area contributed by atoms with Crippen molar-refractivity contribution in [1.29, 1.82) is 0 Å². The maximum Gasteiger partial charge on any atom is 0.326 e. The van der Waals surface area contributed by atoms with Crippen molar-refractivity contribution in [2.45, 2.75) is 33.2 Å². The first-order valence-electron chi connectivity index (χ1n) is 5.76. The molecule has 0 spiro atoms. The summed E-state index contributed by atoms with van der Waals surface area (Å²) in [5.41, 5.74) is -0.767. The lowest BCUT2D eigenvalue weighted by atomic mass is 9.87. The second kappa shape index (κ2) is 7.22. The van der Waals surface area contributed by atoms with E-state index in [4.69, 9.17) is 10.2 Å². The number of carbonyl (C=O) groups is 2. The summed E-state index contributed by atoms with van der Waals surface area (Å²) in [7, 11) is 0. The molecule has 0 aliphatic heterocycles. The van der Waals surface area contributed by atoms with Crippen molar-refractivity contribution in [2.75, 3.05) is 19.7 Å². The van der Waals surface area contributed by atoms with Crippen molar-refractivity contribution >= 4 is 12.0 Å². The van der Waals surface area contributed by atoms with Crippen LogP contribution in [0.15, 0.2) is 0 Å². The number of alkyl halides is 2. The van der Waals surface area contributed by atoms with Crippen LogP contribution < -0.4 is 5.32 Å². The number of hydrogen-bond donors (Lipinski definition) is 3. The number of nitrogens with one attached hydrogen (secondary N) is 1. The molecule has 112 valence electrons. The number of aliphatic hydroxyl groups excluding tert-OH is 1. The summed E-state index contributed by atoms with van der Waals surface area (Å²) in [5.74, 6) is -1.25. The summed E-state index contributed by atoms with van der Waals surface area (Å²) in [6.07, 6.45) is -2.75. The number of nitrogens with zero attached hydrogens (tertiary/aromatic N) is 1. The molecule has 0 aromatic carbocycles. The quantitative estimate of drug-likeness (QED) is 0.670. The van der Waals surface area contributed by atoms with Gasteiger partial charge in [-0.2, -0.15) is 0 Å². The Kier molecular flexibility index (Phi) is 6.68. The zero-order chi connectivity index (χ0) is 15.2. The van der Waals surface area contributed by atoms with Gasteiger partial charge in [0.05, 0.1) is 13.2 Å². The van der Waals surface area contributed by atoms with Gasteiger partial charge in [-0.25, -0.2) is 18.4 Å². The molecule has 3 N–H and O–H groups in total. The molecule has 19 heavy (non-hydrogen) atoms. The number of aliphatic hydroxyl groups is 1. The van der Waals surface area contributed by atoms with Crippen molar-refractivity contribution in [1.82, 2.24) is 10.2 Å². The molecule has 0 aliphatic carbocycles. The monoisotopic (exact) mass is 282 g/mol. The molecule has 0 aromatic rings. The largest absolute Gasteiger partial charge is 0.480 e. The SMILES string of the molecule is CC(C)(C)[C@H](NC(=O)N(CCO)CC(F)F)C(=O)O. The van der Waals surface area contributed by atoms with Crippen molar-refractivity contribution in [3.63, 3.8) is 0 Å². The zero-order valence-electron chi connectivity index (χ0n) is 11.2. The second-order valence-electron chi connectivity index (χ2n) is 5.15. The van der Waals surface area contributed by atoms with E-state index < -0.39 is 43.0 Å². The predicted octanol–water partition coefficient (Wildman–Crippen LogP) is 0.755. The summed E-state index contributed by atoms with van der Waals surface area (Å²) < 4.78 is 24.6. The third kappa shape index (κ3) is 6.32. The van der Waals surface area contributed by atoms with Crippen LogP contribution in [0.5, 0.6) is 0 Å². The molecule has 2 amide bonds. The number of hydrogen-bond acceptors (Lipinski definition) is 3. The lowest BCUT2D eigenvalue weighted by molar-refractivity contribution is -0.142. The number of urea groups is 1. The van der Waals surface area contributed by atoms with Crippen LogP contribution >= 0.6 is 0 Å². The molecular weight excluding hydrogens is 262 g/mol. The minimum atomic E-state index is -2.75. The number of carbonyl (C=O) groups excluding carboxylic acids is 1. The molecule has 0 saturated heterocycles. The van der Waals surface area contributed by atoms with Crippen molar-refractivity contribution in [3.8, 4) is 0 Å². The summed E-state index contributed by atoms with van der Waals surface area (Å²) >= 11 is 0. The second-order valence-corrected chi connectivity index (χ2v) is 5.15. The lowest BCUT2D eigenvalue weighted by Gasteiger charge is -2.30. The van der Waals surface area contributed by atoms with Crippen LogP contribution in [0.25, 0.3) is 0 Å². The van der Waals surface area contributed by atoms with Gasteiger partial charge in [-0.15, -0.1) is 0 Å². The van der Waals surface area contributed by atoms with E-state index in [0.29, 0.717) is 4.90 Å². The molecule has 1 atom stereocenters. The highest BCUT2D eigenvalue weighted by atomic mass is 19.3. The molecule has 0 aromatic heterocycles. The average Bonchev–Trinajstić information content (AvgIpc) is 2.22. The molecule has 8 heteroatoms. The first kappa shape index (κ1) is 17.6. The highest BCUT2D eigenvalue weighted by molar-refractivity contribution is 5.83. The third-order valence-electron chi connectivity index (χ3n) is 2.40. The number of carboxylic acid groups (broad SMARTS) is 1. The number of rotatable bonds is 6. The third-order valence-corrected chi connectivity index (χ3v) is 2.40. The van der Waals surface area contributed by atoms with E-state index in [2.05, 4.69) is 5.32 Å². The number of halogens is 2. The van der Waals surface area contributed by atoms with Gasteiger partial charge in [-0.1, -0.05) is 20.8 Å². The minimum absolute atomic E-state index is 0.285.